The van der Waals surface area contributed by atoms with Crippen LogP contribution in [0, 0.1) is 58.7 Å². The van der Waals surface area contributed by atoms with E-state index >= 15 is 0 Å². The first-order chi connectivity index (χ1) is 16.8. The van der Waals surface area contributed by atoms with Crippen LogP contribution in [0.25, 0.3) is 0 Å². The maximum Gasteiger partial charge on any atom is 0.309 e. The Balaban J connectivity index is 1.47. The number of carbonyl (C=O) groups is 2. The summed E-state index contributed by atoms with van der Waals surface area (Å²) < 4.78 is 12.4. The van der Waals surface area contributed by atoms with Gasteiger partial charge in [-0.05, 0) is 76.7 Å². The van der Waals surface area contributed by atoms with E-state index in [-0.39, 0.29) is 77.4 Å². The number of allylic oxidation sites excluding steroid dienone is 2. The van der Waals surface area contributed by atoms with Crippen LogP contribution >= 0.6 is 0 Å². The van der Waals surface area contributed by atoms with Gasteiger partial charge >= 0.3 is 11.9 Å². The van der Waals surface area contributed by atoms with Crippen LogP contribution in [0.5, 0.6) is 0 Å². The van der Waals surface area contributed by atoms with Crippen molar-refractivity contribution in [3.05, 3.63) is 22.8 Å². The first-order valence-electron chi connectivity index (χ1n) is 14.1. The molecule has 36 heavy (non-hydrogen) atoms. The highest BCUT2D eigenvalue weighted by Gasteiger charge is 2.78. The molecule has 6 heteroatoms. The van der Waals surface area contributed by atoms with Gasteiger partial charge in [-0.1, -0.05) is 31.1 Å². The Morgan fingerprint density at radius 3 is 2.22 bits per heavy atom. The van der Waals surface area contributed by atoms with E-state index in [1.165, 1.54) is 11.1 Å². The van der Waals surface area contributed by atoms with Crippen molar-refractivity contribution >= 4 is 11.9 Å². The summed E-state index contributed by atoms with van der Waals surface area (Å²) in [5.74, 6) is -0.460. The quantitative estimate of drug-likeness (QED) is 0.391. The van der Waals surface area contributed by atoms with Gasteiger partial charge in [0.2, 0.25) is 0 Å². The molecule has 14 atom stereocenters. The van der Waals surface area contributed by atoms with Crippen LogP contribution in [-0.4, -0.2) is 45.6 Å². The molecule has 0 radical (unpaired) electrons. The second-order valence-electron chi connectivity index (χ2n) is 13.9. The number of hydrogen-bond donors (Lipinski definition) is 2. The van der Waals surface area contributed by atoms with Crippen molar-refractivity contribution < 1.29 is 29.3 Å². The Bertz CT molecular complexity index is 1130. The highest BCUT2D eigenvalue weighted by molar-refractivity contribution is 5.76. The first-order valence-corrected chi connectivity index (χ1v) is 14.1. The van der Waals surface area contributed by atoms with Gasteiger partial charge in [0.25, 0.3) is 0 Å². The molecule has 0 unspecified atom stereocenters. The molecule has 0 aromatic carbocycles. The minimum absolute atomic E-state index is 0.0486. The molecule has 0 aromatic heterocycles. The summed E-state index contributed by atoms with van der Waals surface area (Å²) in [4.78, 5) is 25.7. The Labute approximate surface area is 213 Å². The molecule has 0 amide bonds. The summed E-state index contributed by atoms with van der Waals surface area (Å²) in [6, 6.07) is 0. The summed E-state index contributed by atoms with van der Waals surface area (Å²) in [6.45, 7) is 12.2. The van der Waals surface area contributed by atoms with E-state index in [4.69, 9.17) is 9.47 Å². The average molecular weight is 497 g/mol. The zero-order valence-electron chi connectivity index (χ0n) is 22.3. The van der Waals surface area contributed by atoms with Gasteiger partial charge in [-0.3, -0.25) is 9.59 Å². The van der Waals surface area contributed by atoms with Gasteiger partial charge in [-0.2, -0.15) is 0 Å². The Hall–Kier alpha value is -1.66. The number of fused-ring (bicyclic) bond motifs is 7. The zero-order chi connectivity index (χ0) is 25.7. The molecule has 2 bridgehead atoms. The molecule has 6 nitrogen and oxygen atoms in total. The van der Waals surface area contributed by atoms with Gasteiger partial charge in [0, 0.05) is 29.1 Å². The van der Waals surface area contributed by atoms with Crippen LogP contribution in [-0.2, 0) is 19.1 Å². The minimum Gasteiger partial charge on any atom is -0.461 e. The topological polar surface area (TPSA) is 93.1 Å². The van der Waals surface area contributed by atoms with Gasteiger partial charge in [0.15, 0.2) is 0 Å². The smallest absolute Gasteiger partial charge is 0.309 e. The van der Waals surface area contributed by atoms with Gasteiger partial charge in [0.1, 0.15) is 12.2 Å². The lowest BCUT2D eigenvalue weighted by Gasteiger charge is -2.47. The fourth-order valence-electron chi connectivity index (χ4n) is 11.0. The molecule has 0 aromatic rings. The van der Waals surface area contributed by atoms with E-state index in [2.05, 4.69) is 19.9 Å². The molecule has 5 fully saturated rings. The van der Waals surface area contributed by atoms with Crippen molar-refractivity contribution in [2.75, 3.05) is 0 Å². The summed E-state index contributed by atoms with van der Waals surface area (Å²) in [6.07, 6.45) is 4.59. The molecule has 196 valence electrons. The van der Waals surface area contributed by atoms with Crippen molar-refractivity contribution in [3.8, 4) is 0 Å². The van der Waals surface area contributed by atoms with E-state index in [1.54, 1.807) is 0 Å². The van der Waals surface area contributed by atoms with E-state index in [0.717, 1.165) is 18.4 Å². The Morgan fingerprint density at radius 2 is 1.50 bits per heavy atom. The summed E-state index contributed by atoms with van der Waals surface area (Å²) >= 11 is 0. The van der Waals surface area contributed by atoms with E-state index in [9.17, 15) is 19.8 Å². The Morgan fingerprint density at radius 1 is 0.889 bits per heavy atom. The zero-order valence-corrected chi connectivity index (χ0v) is 22.3. The van der Waals surface area contributed by atoms with E-state index < -0.39 is 16.6 Å². The number of rotatable bonds is 0. The molecule has 2 heterocycles. The molecule has 2 aliphatic heterocycles. The van der Waals surface area contributed by atoms with Crippen LogP contribution in [0.4, 0.5) is 0 Å². The van der Waals surface area contributed by atoms with Gasteiger partial charge in [-0.25, -0.2) is 0 Å². The van der Waals surface area contributed by atoms with Gasteiger partial charge in [0.05, 0.1) is 23.0 Å². The van der Waals surface area contributed by atoms with Gasteiger partial charge in [-0.15, -0.1) is 0 Å². The van der Waals surface area contributed by atoms with Crippen molar-refractivity contribution in [2.45, 2.75) is 90.6 Å². The molecule has 7 rings (SSSR count). The summed E-state index contributed by atoms with van der Waals surface area (Å²) in [5, 5.41) is 24.1. The molecule has 2 N–H and O–H groups in total. The fourth-order valence-corrected chi connectivity index (χ4v) is 11.0. The highest BCUT2D eigenvalue weighted by Crippen LogP contribution is 2.78. The lowest BCUT2D eigenvalue weighted by atomic mass is 9.58. The monoisotopic (exact) mass is 496 g/mol. The predicted molar refractivity (Wildman–Crippen MR) is 131 cm³/mol. The normalized spacial score (nSPS) is 58.8. The van der Waals surface area contributed by atoms with Crippen LogP contribution in [0.1, 0.15) is 67.2 Å². The van der Waals surface area contributed by atoms with Crippen LogP contribution in [0.15, 0.2) is 22.8 Å². The molecular formula is C30H40O6. The average Bonchev–Trinajstić information content (AvgIpc) is 3.49. The number of carbonyl (C=O) groups excluding carboxylic acids is 2. The third kappa shape index (κ3) is 2.43. The maximum atomic E-state index is 13.0. The second kappa shape index (κ2) is 6.85. The van der Waals surface area contributed by atoms with Crippen LogP contribution < -0.4 is 0 Å². The largest absolute Gasteiger partial charge is 0.461 e. The maximum absolute atomic E-state index is 13.0. The lowest BCUT2D eigenvalue weighted by molar-refractivity contribution is -0.153. The molecule has 5 aliphatic carbocycles. The second-order valence-corrected chi connectivity index (χ2v) is 13.9. The molecule has 2 saturated heterocycles. The third-order valence-electron chi connectivity index (χ3n) is 12.4. The van der Waals surface area contributed by atoms with Crippen molar-refractivity contribution in [3.63, 3.8) is 0 Å². The van der Waals surface area contributed by atoms with Crippen LogP contribution in [0.2, 0.25) is 0 Å². The van der Waals surface area contributed by atoms with Crippen molar-refractivity contribution in [1.82, 2.24) is 0 Å². The summed E-state index contributed by atoms with van der Waals surface area (Å²) in [7, 11) is 0. The number of hydrogen-bond acceptors (Lipinski definition) is 6. The molecule has 3 saturated carbocycles. The van der Waals surface area contributed by atoms with E-state index in [1.807, 2.05) is 27.7 Å². The highest BCUT2D eigenvalue weighted by atomic mass is 16.6. The third-order valence-corrected chi connectivity index (χ3v) is 12.4. The fraction of sp³-hybridized carbons (Fsp3) is 0.800. The van der Waals surface area contributed by atoms with Gasteiger partial charge < -0.3 is 19.7 Å². The van der Waals surface area contributed by atoms with E-state index in [0.29, 0.717) is 12.8 Å². The van der Waals surface area contributed by atoms with Crippen molar-refractivity contribution in [1.29, 1.82) is 0 Å². The number of ether oxygens (including phenoxy) is 2. The predicted octanol–water partition coefficient (Wildman–Crippen LogP) is 3.80. The Kier molecular flexibility index (Phi) is 4.46. The summed E-state index contributed by atoms with van der Waals surface area (Å²) in [5.41, 5.74) is 1.23. The van der Waals surface area contributed by atoms with Crippen molar-refractivity contribution in [2.24, 2.45) is 58.7 Å². The minimum atomic E-state index is -0.931. The first kappa shape index (κ1) is 23.5. The van der Waals surface area contributed by atoms with Crippen LogP contribution in [0.3, 0.4) is 0 Å². The number of aliphatic hydroxyl groups is 2. The standard InChI is InChI=1S/C30H40O6/c1-12-11-18-20-21(30(12)24(18)29(6,34)10-8-17-14(3)27(32)36-25(17)30)15(4)19-22(20)28(5,33)9-7-16-13(2)26(31)35-23(16)19/h11,13-14,16-18,20-25,33-34H,7-10H2,1-6H3/t13-,14+,16+,17+,18-,20+,21+,22+,23+,24+,25+,28-,29+,30+/m1/s1. The SMILES string of the molecule is CC1=C[C@@H]2[C@H]3[C@H](C(C)=C4[C@H]5OC(=O)[C@H](C)[C@@H]5CC[C@@](C)(O)[C@@H]43)[C@]13[C@@H]2[C@@](C)(O)CC[C@H]1[C@H](C)C(=O)O[C@@H]13. The lowest BCUT2D eigenvalue weighted by Crippen LogP contribution is -2.51. The molecular weight excluding hydrogens is 456 g/mol. The molecule has 0 spiro atoms. The molecule has 7 aliphatic rings. The number of esters is 2.